The van der Waals surface area contributed by atoms with Crippen molar-refractivity contribution < 1.29 is 9.22 Å². The zero-order valence-corrected chi connectivity index (χ0v) is 8.39. The Morgan fingerprint density at radius 1 is 1.80 bits per heavy atom. The number of ketones is 1. The lowest BCUT2D eigenvalue weighted by atomic mass is 9.97. The minimum absolute atomic E-state index is 0.183. The second-order valence-corrected chi connectivity index (χ2v) is 3.08. The lowest BCUT2D eigenvalue weighted by molar-refractivity contribution is -0.117. The van der Waals surface area contributed by atoms with Gasteiger partial charge in [-0.05, 0) is 18.9 Å². The first kappa shape index (κ1) is 7.69. The Morgan fingerprint density at radius 2 is 2.50 bits per heavy atom. The molecule has 0 saturated heterocycles. The molecule has 3 heteroatoms. The zero-order chi connectivity index (χ0) is 7.56. The van der Waals surface area contributed by atoms with Crippen molar-refractivity contribution >= 4 is 16.3 Å². The van der Waals surface area contributed by atoms with Gasteiger partial charge < -0.3 is 4.43 Å². The predicted octanol–water partition coefficient (Wildman–Crippen LogP) is -0.0388. The number of hydrogen-bond acceptors (Lipinski definition) is 2. The third kappa shape index (κ3) is 1.55. The molecule has 1 rings (SSSR count). The molecule has 0 aromatic carbocycles. The van der Waals surface area contributed by atoms with Crippen molar-refractivity contribution in [2.24, 2.45) is 0 Å². The summed E-state index contributed by atoms with van der Waals surface area (Å²) in [6.45, 7) is 1.87. The van der Waals surface area contributed by atoms with Crippen molar-refractivity contribution in [1.82, 2.24) is 0 Å². The first-order valence-electron chi connectivity index (χ1n) is 3.47. The van der Waals surface area contributed by atoms with E-state index in [9.17, 15) is 4.79 Å². The maximum atomic E-state index is 11.0. The maximum Gasteiger partial charge on any atom is 0.160 e. The van der Waals surface area contributed by atoms with Gasteiger partial charge in [-0.3, -0.25) is 4.79 Å². The summed E-state index contributed by atoms with van der Waals surface area (Å²) in [4.78, 5) is 11.0. The number of rotatable bonds is 1. The van der Waals surface area contributed by atoms with Crippen LogP contribution in [-0.4, -0.2) is 22.4 Å². The number of allylic oxidation sites excluding steroid dienone is 1. The molecule has 0 aromatic rings. The van der Waals surface area contributed by atoms with Crippen LogP contribution in [0.1, 0.15) is 19.8 Å². The number of carbonyl (C=O) groups is 1. The Balaban J connectivity index is 2.59. The second kappa shape index (κ2) is 3.12. The van der Waals surface area contributed by atoms with E-state index in [1.54, 1.807) is 0 Å². The normalized spacial score (nSPS) is 26.7. The van der Waals surface area contributed by atoms with Gasteiger partial charge >= 0.3 is 0 Å². The summed E-state index contributed by atoms with van der Waals surface area (Å²) in [5.41, 5.74) is 0.898. The standard InChI is InChI=1S/C7H12O2Si/c1-5-2-3-6(9-10)4-7(5)8/h2,6H,3-4H2,1,10H3. The average molecular weight is 156 g/mol. The molecule has 0 amide bonds. The van der Waals surface area contributed by atoms with Gasteiger partial charge in [0.05, 0.1) is 6.10 Å². The van der Waals surface area contributed by atoms with Gasteiger partial charge in [0.15, 0.2) is 5.78 Å². The molecule has 1 aliphatic rings. The third-order valence-corrected chi connectivity index (χ3v) is 2.54. The van der Waals surface area contributed by atoms with Crippen LogP contribution >= 0.6 is 0 Å². The molecule has 0 aliphatic heterocycles. The van der Waals surface area contributed by atoms with Crippen molar-refractivity contribution in [1.29, 1.82) is 0 Å². The first-order valence-corrected chi connectivity index (χ1v) is 4.28. The molecule has 0 fully saturated rings. The number of hydrogen-bond donors (Lipinski definition) is 0. The van der Waals surface area contributed by atoms with Crippen molar-refractivity contribution in [2.75, 3.05) is 0 Å². The van der Waals surface area contributed by atoms with Crippen LogP contribution in [0, 0.1) is 0 Å². The molecule has 0 N–H and O–H groups in total. The molecule has 0 heterocycles. The lowest BCUT2D eigenvalue weighted by Gasteiger charge is -2.17. The van der Waals surface area contributed by atoms with E-state index in [1.165, 1.54) is 0 Å². The average Bonchev–Trinajstić information content (AvgIpc) is 1.95. The molecule has 2 nitrogen and oxygen atoms in total. The minimum Gasteiger partial charge on any atom is -0.424 e. The SMILES string of the molecule is CC1=CCC(O[SiH3])CC1=O. The third-order valence-electron chi connectivity index (χ3n) is 1.87. The zero-order valence-electron chi connectivity index (χ0n) is 6.39. The largest absolute Gasteiger partial charge is 0.424 e. The van der Waals surface area contributed by atoms with Gasteiger partial charge in [0.25, 0.3) is 0 Å². The van der Waals surface area contributed by atoms with Gasteiger partial charge in [-0.2, -0.15) is 0 Å². The highest BCUT2D eigenvalue weighted by Crippen LogP contribution is 2.15. The Hall–Kier alpha value is -0.413. The summed E-state index contributed by atoms with van der Waals surface area (Å²) in [6.07, 6.45) is 3.66. The summed E-state index contributed by atoms with van der Waals surface area (Å²) in [5, 5.41) is 0. The van der Waals surface area contributed by atoms with Crippen LogP contribution in [-0.2, 0) is 9.22 Å². The Bertz CT molecular complexity index is 174. The van der Waals surface area contributed by atoms with Crippen LogP contribution in [0.3, 0.4) is 0 Å². The summed E-state index contributed by atoms with van der Waals surface area (Å²) >= 11 is 0. The van der Waals surface area contributed by atoms with E-state index in [4.69, 9.17) is 4.43 Å². The lowest BCUT2D eigenvalue weighted by Crippen LogP contribution is -2.20. The molecule has 56 valence electrons. The molecule has 0 aromatic heterocycles. The van der Waals surface area contributed by atoms with E-state index in [0.29, 0.717) is 6.42 Å². The monoisotopic (exact) mass is 156 g/mol. The van der Waals surface area contributed by atoms with Gasteiger partial charge in [0, 0.05) is 6.42 Å². The highest BCUT2D eigenvalue weighted by Gasteiger charge is 2.17. The predicted molar refractivity (Wildman–Crippen MR) is 42.8 cm³/mol. The molecule has 0 radical (unpaired) electrons. The maximum absolute atomic E-state index is 11.0. The van der Waals surface area contributed by atoms with E-state index in [0.717, 1.165) is 22.5 Å². The van der Waals surface area contributed by atoms with E-state index in [-0.39, 0.29) is 11.9 Å². The Morgan fingerprint density at radius 3 is 3.00 bits per heavy atom. The van der Waals surface area contributed by atoms with Crippen molar-refractivity contribution in [2.45, 2.75) is 25.9 Å². The topological polar surface area (TPSA) is 26.3 Å². The minimum atomic E-state index is 0.183. The highest BCUT2D eigenvalue weighted by atomic mass is 28.2. The van der Waals surface area contributed by atoms with Crippen molar-refractivity contribution in [3.8, 4) is 0 Å². The second-order valence-electron chi connectivity index (χ2n) is 2.61. The van der Waals surface area contributed by atoms with E-state index >= 15 is 0 Å². The molecular weight excluding hydrogens is 144 g/mol. The van der Waals surface area contributed by atoms with Crippen LogP contribution in [0.5, 0.6) is 0 Å². The van der Waals surface area contributed by atoms with Crippen molar-refractivity contribution in [3.63, 3.8) is 0 Å². The summed E-state index contributed by atoms with van der Waals surface area (Å²) in [7, 11) is 0.733. The first-order chi connectivity index (χ1) is 4.74. The Labute approximate surface area is 63.8 Å². The summed E-state index contributed by atoms with van der Waals surface area (Å²) in [5.74, 6) is 0.243. The molecule has 0 spiro atoms. The number of Topliss-reactive ketones (excluding diaryl/α,β-unsaturated/α-hetero) is 1. The van der Waals surface area contributed by atoms with E-state index in [2.05, 4.69) is 0 Å². The Kier molecular flexibility index (Phi) is 2.40. The van der Waals surface area contributed by atoms with Crippen LogP contribution in [0.2, 0.25) is 0 Å². The van der Waals surface area contributed by atoms with E-state index < -0.39 is 0 Å². The van der Waals surface area contributed by atoms with Crippen LogP contribution in [0.25, 0.3) is 0 Å². The van der Waals surface area contributed by atoms with E-state index in [1.807, 2.05) is 13.0 Å². The van der Waals surface area contributed by atoms with Gasteiger partial charge in [-0.15, -0.1) is 0 Å². The smallest absolute Gasteiger partial charge is 0.160 e. The van der Waals surface area contributed by atoms with Gasteiger partial charge in [0.1, 0.15) is 10.5 Å². The highest BCUT2D eigenvalue weighted by molar-refractivity contribution is 5.99. The fourth-order valence-corrected chi connectivity index (χ4v) is 1.41. The summed E-state index contributed by atoms with van der Waals surface area (Å²) in [6, 6.07) is 0. The van der Waals surface area contributed by atoms with Gasteiger partial charge in [0.2, 0.25) is 0 Å². The van der Waals surface area contributed by atoms with Crippen LogP contribution < -0.4 is 0 Å². The van der Waals surface area contributed by atoms with Crippen LogP contribution in [0.15, 0.2) is 11.6 Å². The quantitative estimate of drug-likeness (QED) is 0.498. The molecular formula is C7H12O2Si. The fraction of sp³-hybridized carbons (Fsp3) is 0.571. The molecule has 1 aliphatic carbocycles. The van der Waals surface area contributed by atoms with Crippen LogP contribution in [0.4, 0.5) is 0 Å². The fourth-order valence-electron chi connectivity index (χ4n) is 1.05. The molecule has 1 atom stereocenters. The van der Waals surface area contributed by atoms with Gasteiger partial charge in [-0.25, -0.2) is 0 Å². The molecule has 10 heavy (non-hydrogen) atoms. The molecule has 0 saturated carbocycles. The van der Waals surface area contributed by atoms with Crippen molar-refractivity contribution in [3.05, 3.63) is 11.6 Å². The molecule has 1 unspecified atom stereocenters. The number of carbonyl (C=O) groups excluding carboxylic acids is 1. The molecule has 0 bridgehead atoms. The summed E-state index contributed by atoms with van der Waals surface area (Å²) < 4.78 is 5.18. The van der Waals surface area contributed by atoms with Gasteiger partial charge in [-0.1, -0.05) is 6.08 Å².